The predicted molar refractivity (Wildman–Crippen MR) is 151 cm³/mol. The molecule has 0 radical (unpaired) electrons. The van der Waals surface area contributed by atoms with Crippen molar-refractivity contribution < 1.29 is 77.3 Å². The second-order valence-electron chi connectivity index (χ2n) is 7.78. The van der Waals surface area contributed by atoms with E-state index in [0.717, 1.165) is 44.8 Å². The van der Waals surface area contributed by atoms with Crippen molar-refractivity contribution in [3.8, 4) is 0 Å². The van der Waals surface area contributed by atoms with E-state index in [9.17, 15) is 4.79 Å². The third kappa shape index (κ3) is 24.8. The molecule has 0 aromatic heterocycles. The van der Waals surface area contributed by atoms with Gasteiger partial charge in [-0.05, 0) is 74.2 Å². The number of hydrogen-bond acceptors (Lipinski definition) is 12. The zero-order valence-electron chi connectivity index (χ0n) is 22.5. The Kier molecular flexibility index (Phi) is 33.6. The van der Waals surface area contributed by atoms with Crippen molar-refractivity contribution in [1.82, 2.24) is 0 Å². The Bertz CT molecular complexity index is 585. The average molecular weight is 680 g/mol. The summed E-state index contributed by atoms with van der Waals surface area (Å²) in [6, 6.07) is 1.88. The Hall–Kier alpha value is 1.27. The molecule has 0 amide bonds. The average Bonchev–Trinajstić information content (AvgIpc) is 3.58. The van der Waals surface area contributed by atoms with Crippen molar-refractivity contribution in [2.45, 2.75) is 57.7 Å². The number of cyclic esters (lactones) is 1. The summed E-state index contributed by atoms with van der Waals surface area (Å²) in [5.41, 5.74) is 0. The van der Waals surface area contributed by atoms with Crippen LogP contribution in [0.5, 0.6) is 0 Å². The van der Waals surface area contributed by atoms with Crippen LogP contribution in [-0.2, 0) is 36.7 Å². The number of rotatable bonds is 16. The summed E-state index contributed by atoms with van der Waals surface area (Å²) < 4.78 is 44.3. The minimum atomic E-state index is -1.96. The van der Waals surface area contributed by atoms with E-state index in [-0.39, 0.29) is 54.7 Å². The van der Waals surface area contributed by atoms with Crippen LogP contribution in [0.25, 0.3) is 0 Å². The van der Waals surface area contributed by atoms with E-state index in [1.807, 2.05) is 10.9 Å². The number of halogens is 1. The van der Waals surface area contributed by atoms with Gasteiger partial charge in [0.15, 0.2) is 0 Å². The van der Waals surface area contributed by atoms with Crippen LogP contribution in [0.15, 0.2) is 0 Å². The SMILES string of the molecule is C.CO[Si](C)(CCCOCC1CO1)OC.CO[Si](C)(CCCOCC1CSC(=O)O1)OC.S=C=S.[Br-].[Li+]. The number of carbonyl (C=O) groups is 1. The van der Waals surface area contributed by atoms with E-state index in [1.165, 1.54) is 11.8 Å². The van der Waals surface area contributed by atoms with Crippen molar-refractivity contribution in [3.05, 3.63) is 0 Å². The first-order chi connectivity index (χ1) is 16.2. The van der Waals surface area contributed by atoms with Gasteiger partial charge in [0.25, 0.3) is 0 Å². The fourth-order valence-electron chi connectivity index (χ4n) is 2.61. The molecule has 2 saturated heterocycles. The molecule has 16 heteroatoms. The normalized spacial score (nSPS) is 17.7. The maximum absolute atomic E-state index is 10.8. The number of thioether (sulfide) groups is 1. The molecule has 9 nitrogen and oxygen atoms in total. The van der Waals surface area contributed by atoms with E-state index < -0.39 is 17.1 Å². The fourth-order valence-corrected chi connectivity index (χ4v) is 6.02. The number of epoxide rings is 1. The van der Waals surface area contributed by atoms with Crippen LogP contribution in [0.4, 0.5) is 4.79 Å². The van der Waals surface area contributed by atoms with Crippen LogP contribution in [0, 0.1) is 0 Å². The summed E-state index contributed by atoms with van der Waals surface area (Å²) in [4.78, 5) is 10.8. The molecule has 0 aromatic carbocycles. The van der Waals surface area contributed by atoms with Crippen LogP contribution in [0.3, 0.4) is 0 Å². The van der Waals surface area contributed by atoms with Crippen molar-refractivity contribution in [2.24, 2.45) is 0 Å². The molecule has 2 aliphatic heterocycles. The van der Waals surface area contributed by atoms with Crippen LogP contribution >= 0.6 is 36.2 Å². The van der Waals surface area contributed by atoms with Gasteiger partial charge < -0.3 is 53.6 Å². The molecule has 0 aromatic rings. The van der Waals surface area contributed by atoms with E-state index in [2.05, 4.69) is 31.0 Å². The molecule has 0 spiro atoms. The van der Waals surface area contributed by atoms with E-state index in [1.54, 1.807) is 28.4 Å². The van der Waals surface area contributed by atoms with Crippen molar-refractivity contribution in [3.63, 3.8) is 0 Å². The van der Waals surface area contributed by atoms with Crippen LogP contribution in [0.2, 0.25) is 25.2 Å². The topological polar surface area (TPSA) is 94.2 Å². The van der Waals surface area contributed by atoms with Crippen LogP contribution in [0.1, 0.15) is 20.3 Å². The maximum Gasteiger partial charge on any atom is 1.00 e. The molecule has 2 rings (SSSR count). The first kappa shape index (κ1) is 45.3. The van der Waals surface area contributed by atoms with E-state index in [4.69, 9.17) is 36.7 Å². The summed E-state index contributed by atoms with van der Waals surface area (Å²) in [6.07, 6.45) is 2.18. The second-order valence-corrected chi connectivity index (χ2v) is 16.6. The number of ether oxygens (including phenoxy) is 4. The Balaban J connectivity index is -0.000000250. The van der Waals surface area contributed by atoms with E-state index >= 15 is 0 Å². The zero-order chi connectivity index (χ0) is 25.9. The molecule has 2 unspecified atom stereocenters. The van der Waals surface area contributed by atoms with Gasteiger partial charge >= 0.3 is 41.3 Å². The molecular weight excluding hydrogens is 635 g/mol. The molecule has 0 aliphatic carbocycles. The Labute approximate surface area is 263 Å². The standard InChI is InChI=1S/C10H20O5SSi.C9H20O4Si.CS2.CH4.BrH.Li/c1-12-17(3,13-2)6-4-5-14-7-9-8-16-10(11)15-9;1-10-14(3,11-2)6-4-5-12-7-9-8-13-9;2-1-3;;;/h9H,4-8H2,1-3H3;9H,4-8H2,1-3H3;;1H4;1H;/q;;;;;+1/p-1. The summed E-state index contributed by atoms with van der Waals surface area (Å²) in [5, 5.41) is -0.197. The molecule has 0 saturated carbocycles. The minimum absolute atomic E-state index is 0. The molecular formula is C21H44BrLiO9S3Si2. The molecule has 2 aliphatic rings. The molecule has 2 atom stereocenters. The number of hydrogen-bond donors (Lipinski definition) is 0. The van der Waals surface area contributed by atoms with Crippen molar-refractivity contribution in [2.75, 3.05) is 67.2 Å². The monoisotopic (exact) mass is 678 g/mol. The van der Waals surface area contributed by atoms with Crippen LogP contribution < -0.4 is 35.8 Å². The summed E-state index contributed by atoms with van der Waals surface area (Å²) in [6.45, 7) is 7.60. The first-order valence-electron chi connectivity index (χ1n) is 11.0. The van der Waals surface area contributed by atoms with Gasteiger partial charge in [-0.15, -0.1) is 0 Å². The van der Waals surface area contributed by atoms with Gasteiger partial charge in [0.1, 0.15) is 12.2 Å². The molecule has 0 N–H and O–H groups in total. The molecule has 37 heavy (non-hydrogen) atoms. The van der Waals surface area contributed by atoms with Crippen LogP contribution in [-0.4, -0.2) is 106 Å². The molecule has 216 valence electrons. The van der Waals surface area contributed by atoms with Gasteiger partial charge in [0, 0.05) is 51.7 Å². The van der Waals surface area contributed by atoms with E-state index in [0.29, 0.717) is 25.1 Å². The Morgan fingerprint density at radius 3 is 1.59 bits per heavy atom. The minimum Gasteiger partial charge on any atom is -1.00 e. The van der Waals surface area contributed by atoms with Gasteiger partial charge in [-0.2, -0.15) is 0 Å². The Morgan fingerprint density at radius 1 is 0.919 bits per heavy atom. The summed E-state index contributed by atoms with van der Waals surface area (Å²) >= 11 is 9.12. The largest absolute Gasteiger partial charge is 1.00 e. The fraction of sp³-hybridized carbons (Fsp3) is 0.905. The number of thiocarbonyl (C=S) groups is 2. The number of carbonyl (C=O) groups excluding carboxylic acids is 1. The smallest absolute Gasteiger partial charge is 1.00 e. The van der Waals surface area contributed by atoms with Gasteiger partial charge in [-0.25, -0.2) is 4.79 Å². The van der Waals surface area contributed by atoms with Gasteiger partial charge in [-0.1, -0.05) is 7.43 Å². The van der Waals surface area contributed by atoms with Crippen molar-refractivity contribution in [1.29, 1.82) is 0 Å². The zero-order valence-corrected chi connectivity index (χ0v) is 28.5. The molecule has 0 bridgehead atoms. The summed E-state index contributed by atoms with van der Waals surface area (Å²) in [5.74, 6) is 0.696. The Morgan fingerprint density at radius 2 is 1.30 bits per heavy atom. The predicted octanol–water partition coefficient (Wildman–Crippen LogP) is -1.17. The van der Waals surface area contributed by atoms with Gasteiger partial charge in [0.2, 0.25) is 0 Å². The third-order valence-corrected chi connectivity index (χ3v) is 12.1. The molecule has 2 heterocycles. The first-order valence-corrected chi connectivity index (χ1v) is 17.9. The quantitative estimate of drug-likeness (QED) is 0.0648. The maximum atomic E-state index is 10.8. The van der Waals surface area contributed by atoms with Gasteiger partial charge in [-0.3, -0.25) is 0 Å². The van der Waals surface area contributed by atoms with Gasteiger partial charge in [0.05, 0.1) is 19.8 Å². The second kappa shape index (κ2) is 27.4. The summed E-state index contributed by atoms with van der Waals surface area (Å²) in [7, 11) is 2.98. The molecule has 2 fully saturated rings. The van der Waals surface area contributed by atoms with Crippen molar-refractivity contribution >= 4 is 62.9 Å². The third-order valence-electron chi connectivity index (χ3n) is 5.23.